The third-order valence-electron chi connectivity index (χ3n) is 4.54. The highest BCUT2D eigenvalue weighted by atomic mass is 19.1. The van der Waals surface area contributed by atoms with E-state index in [0.717, 1.165) is 10.6 Å². The van der Waals surface area contributed by atoms with Gasteiger partial charge in [0.1, 0.15) is 5.82 Å². The lowest BCUT2D eigenvalue weighted by atomic mass is 10.0. The van der Waals surface area contributed by atoms with Gasteiger partial charge in [-0.3, -0.25) is 9.59 Å². The highest BCUT2D eigenvalue weighted by Crippen LogP contribution is 2.17. The molecule has 6 heteroatoms. The summed E-state index contributed by atoms with van der Waals surface area (Å²) in [5.41, 5.74) is 2.47. The summed E-state index contributed by atoms with van der Waals surface area (Å²) in [6.07, 6.45) is 0. The normalized spacial score (nSPS) is 13.1. The monoisotopic (exact) mass is 372 g/mol. The van der Waals surface area contributed by atoms with Crippen molar-refractivity contribution in [2.45, 2.75) is 32.7 Å². The van der Waals surface area contributed by atoms with Crippen molar-refractivity contribution >= 4 is 23.2 Å². The number of hydrogen-bond donors (Lipinski definition) is 3. The van der Waals surface area contributed by atoms with Crippen LogP contribution in [-0.2, 0) is 9.59 Å². The molecular weight excluding hydrogens is 345 g/mol. The second-order valence-electron chi connectivity index (χ2n) is 7.07. The van der Waals surface area contributed by atoms with E-state index < -0.39 is 6.04 Å². The van der Waals surface area contributed by atoms with Crippen molar-refractivity contribution in [3.63, 3.8) is 0 Å². The standard InChI is InChI=1S/C21H26FN3O2/c1-14(2)16-5-9-19(10-6-16)24-21(27)15(3)25(4)13-20(26)23-18-11-7-17(22)8-12-18/h5-12,14-15H,13H2,1-4H3,(H,23,26)(H,24,27)/p+1/t15-/m0/s1. The highest BCUT2D eigenvalue weighted by molar-refractivity contribution is 5.94. The maximum Gasteiger partial charge on any atom is 0.282 e. The number of nitrogens with one attached hydrogen (secondary N) is 3. The van der Waals surface area contributed by atoms with Crippen LogP contribution in [0.4, 0.5) is 15.8 Å². The molecule has 0 saturated heterocycles. The zero-order valence-corrected chi connectivity index (χ0v) is 16.2. The molecule has 2 amide bonds. The zero-order valence-electron chi connectivity index (χ0n) is 16.2. The fraction of sp³-hybridized carbons (Fsp3) is 0.333. The molecule has 5 nitrogen and oxygen atoms in total. The van der Waals surface area contributed by atoms with E-state index in [0.29, 0.717) is 11.6 Å². The van der Waals surface area contributed by atoms with Gasteiger partial charge in [-0.2, -0.15) is 0 Å². The Bertz CT molecular complexity index is 773. The Morgan fingerprint density at radius 2 is 1.44 bits per heavy atom. The fourth-order valence-electron chi connectivity index (χ4n) is 2.57. The molecule has 0 radical (unpaired) electrons. The van der Waals surface area contributed by atoms with Crippen LogP contribution in [0.15, 0.2) is 48.5 Å². The number of carbonyl (C=O) groups is 2. The summed E-state index contributed by atoms with van der Waals surface area (Å²) < 4.78 is 12.9. The van der Waals surface area contributed by atoms with E-state index in [1.807, 2.05) is 24.3 Å². The van der Waals surface area contributed by atoms with Crippen molar-refractivity contribution in [3.05, 3.63) is 59.9 Å². The molecule has 27 heavy (non-hydrogen) atoms. The SMILES string of the molecule is CC(C)c1ccc(NC(=O)[C@H](C)[NH+](C)CC(=O)Nc2ccc(F)cc2)cc1. The van der Waals surface area contributed by atoms with E-state index in [1.165, 1.54) is 29.8 Å². The third-order valence-corrected chi connectivity index (χ3v) is 4.54. The van der Waals surface area contributed by atoms with Crippen LogP contribution in [0.2, 0.25) is 0 Å². The summed E-state index contributed by atoms with van der Waals surface area (Å²) in [6, 6.07) is 12.9. The van der Waals surface area contributed by atoms with Crippen molar-refractivity contribution in [1.82, 2.24) is 0 Å². The van der Waals surface area contributed by atoms with Gasteiger partial charge in [0.2, 0.25) is 0 Å². The number of hydrogen-bond acceptors (Lipinski definition) is 2. The number of carbonyl (C=O) groups excluding carboxylic acids is 2. The van der Waals surface area contributed by atoms with Crippen LogP contribution in [0, 0.1) is 5.82 Å². The summed E-state index contributed by atoms with van der Waals surface area (Å²) >= 11 is 0. The molecule has 2 atom stereocenters. The first-order valence-electron chi connectivity index (χ1n) is 9.05. The minimum atomic E-state index is -0.409. The van der Waals surface area contributed by atoms with Crippen LogP contribution in [0.1, 0.15) is 32.3 Å². The van der Waals surface area contributed by atoms with E-state index in [1.54, 1.807) is 14.0 Å². The van der Waals surface area contributed by atoms with Crippen molar-refractivity contribution in [3.8, 4) is 0 Å². The Morgan fingerprint density at radius 1 is 0.926 bits per heavy atom. The van der Waals surface area contributed by atoms with Crippen molar-refractivity contribution in [2.75, 3.05) is 24.2 Å². The van der Waals surface area contributed by atoms with Crippen LogP contribution >= 0.6 is 0 Å². The molecule has 2 rings (SSSR count). The Hall–Kier alpha value is -2.73. The molecule has 0 heterocycles. The maximum atomic E-state index is 12.9. The van der Waals surface area contributed by atoms with Crippen LogP contribution in [-0.4, -0.2) is 31.4 Å². The topological polar surface area (TPSA) is 62.6 Å². The van der Waals surface area contributed by atoms with E-state index in [2.05, 4.69) is 24.5 Å². The molecule has 3 N–H and O–H groups in total. The van der Waals surface area contributed by atoms with Gasteiger partial charge in [0.15, 0.2) is 12.6 Å². The summed E-state index contributed by atoms with van der Waals surface area (Å²) in [6.45, 7) is 6.13. The largest absolute Gasteiger partial charge is 0.321 e. The van der Waals surface area contributed by atoms with Crippen molar-refractivity contribution < 1.29 is 18.9 Å². The molecule has 0 fully saturated rings. The predicted octanol–water partition coefficient (Wildman–Crippen LogP) is 2.43. The summed E-state index contributed by atoms with van der Waals surface area (Å²) in [4.78, 5) is 25.3. The van der Waals surface area contributed by atoms with Gasteiger partial charge in [0, 0.05) is 11.4 Å². The fourth-order valence-corrected chi connectivity index (χ4v) is 2.57. The number of likely N-dealkylation sites (N-methyl/N-ethyl adjacent to an activating group) is 1. The molecule has 144 valence electrons. The average Bonchev–Trinajstić information content (AvgIpc) is 2.63. The lowest BCUT2D eigenvalue weighted by molar-refractivity contribution is -0.885. The van der Waals surface area contributed by atoms with Crippen LogP contribution in [0.25, 0.3) is 0 Å². The van der Waals surface area contributed by atoms with E-state index in [-0.39, 0.29) is 24.2 Å². The molecular formula is C21H27FN3O2+. The van der Waals surface area contributed by atoms with Gasteiger partial charge in [-0.15, -0.1) is 0 Å². The number of rotatable bonds is 7. The number of benzene rings is 2. The Kier molecular flexibility index (Phi) is 7.07. The quantitative estimate of drug-likeness (QED) is 0.699. The Morgan fingerprint density at radius 3 is 2.00 bits per heavy atom. The molecule has 0 aliphatic rings. The summed E-state index contributed by atoms with van der Waals surface area (Å²) in [7, 11) is 1.79. The Labute approximate surface area is 159 Å². The molecule has 1 unspecified atom stereocenters. The van der Waals surface area contributed by atoms with Gasteiger partial charge in [-0.25, -0.2) is 4.39 Å². The van der Waals surface area contributed by atoms with Crippen molar-refractivity contribution in [1.29, 1.82) is 0 Å². The van der Waals surface area contributed by atoms with Crippen LogP contribution in [0.5, 0.6) is 0 Å². The lowest BCUT2D eigenvalue weighted by Crippen LogP contribution is -3.14. The molecule has 0 aliphatic carbocycles. The molecule has 0 aliphatic heterocycles. The van der Waals surface area contributed by atoms with E-state index in [4.69, 9.17) is 0 Å². The first-order chi connectivity index (χ1) is 12.8. The van der Waals surface area contributed by atoms with Crippen molar-refractivity contribution in [2.24, 2.45) is 0 Å². The van der Waals surface area contributed by atoms with Gasteiger partial charge in [-0.1, -0.05) is 26.0 Å². The van der Waals surface area contributed by atoms with E-state index >= 15 is 0 Å². The highest BCUT2D eigenvalue weighted by Gasteiger charge is 2.24. The predicted molar refractivity (Wildman–Crippen MR) is 105 cm³/mol. The smallest absolute Gasteiger partial charge is 0.282 e. The van der Waals surface area contributed by atoms with Gasteiger partial charge in [0.05, 0.1) is 7.05 Å². The average molecular weight is 372 g/mol. The van der Waals surface area contributed by atoms with Crippen LogP contribution < -0.4 is 15.5 Å². The third kappa shape index (κ3) is 6.18. The van der Waals surface area contributed by atoms with E-state index in [9.17, 15) is 14.0 Å². The number of halogens is 1. The molecule has 0 spiro atoms. The molecule has 0 aromatic heterocycles. The summed E-state index contributed by atoms with van der Waals surface area (Å²) in [5.74, 6) is -0.314. The second kappa shape index (κ2) is 9.28. The number of amides is 2. The minimum Gasteiger partial charge on any atom is -0.321 e. The van der Waals surface area contributed by atoms with Gasteiger partial charge in [0.25, 0.3) is 11.8 Å². The lowest BCUT2D eigenvalue weighted by Gasteiger charge is -2.20. The van der Waals surface area contributed by atoms with Gasteiger partial charge >= 0.3 is 0 Å². The molecule has 2 aromatic rings. The minimum absolute atomic E-state index is 0.123. The Balaban J connectivity index is 1.87. The second-order valence-corrected chi connectivity index (χ2v) is 7.07. The number of quaternary nitrogens is 1. The number of anilines is 2. The first kappa shape index (κ1) is 20.6. The van der Waals surface area contributed by atoms with Gasteiger partial charge in [-0.05, 0) is 54.8 Å². The van der Waals surface area contributed by atoms with Gasteiger partial charge < -0.3 is 15.5 Å². The van der Waals surface area contributed by atoms with Crippen LogP contribution in [0.3, 0.4) is 0 Å². The molecule has 0 saturated carbocycles. The molecule has 0 bridgehead atoms. The maximum absolute atomic E-state index is 12.9. The molecule has 2 aromatic carbocycles. The first-order valence-corrected chi connectivity index (χ1v) is 9.05. The zero-order chi connectivity index (χ0) is 20.0. The summed E-state index contributed by atoms with van der Waals surface area (Å²) in [5, 5.41) is 5.59.